The van der Waals surface area contributed by atoms with Crippen molar-refractivity contribution in [2.45, 2.75) is 39.8 Å². The van der Waals surface area contributed by atoms with Crippen LogP contribution in [0.1, 0.15) is 33.6 Å². The molecule has 1 heterocycles. The van der Waals surface area contributed by atoms with Crippen molar-refractivity contribution in [1.82, 2.24) is 5.32 Å². The van der Waals surface area contributed by atoms with Crippen molar-refractivity contribution in [1.29, 1.82) is 0 Å². The topological polar surface area (TPSA) is 21.3 Å². The molecule has 1 fully saturated rings. The minimum atomic E-state index is 0.281. The highest BCUT2D eigenvalue weighted by atomic mass is 16.5. The van der Waals surface area contributed by atoms with Gasteiger partial charge in [0, 0.05) is 6.61 Å². The second kappa shape index (κ2) is 3.75. The number of rotatable bonds is 1. The van der Waals surface area contributed by atoms with Crippen molar-refractivity contribution in [3.05, 3.63) is 0 Å². The van der Waals surface area contributed by atoms with Crippen molar-refractivity contribution in [2.24, 2.45) is 11.3 Å². The van der Waals surface area contributed by atoms with E-state index in [1.54, 1.807) is 0 Å². The molecule has 0 aromatic heterocycles. The lowest BCUT2D eigenvalue weighted by atomic mass is 9.76. The van der Waals surface area contributed by atoms with Gasteiger partial charge in [0.15, 0.2) is 0 Å². The predicted octanol–water partition coefficient (Wildman–Crippen LogP) is 2.00. The lowest BCUT2D eigenvalue weighted by Gasteiger charge is -2.37. The average Bonchev–Trinajstić information content (AvgIpc) is 2.03. The Balaban J connectivity index is 2.46. The van der Waals surface area contributed by atoms with Crippen molar-refractivity contribution in [3.63, 3.8) is 0 Å². The molecule has 1 aliphatic heterocycles. The van der Waals surface area contributed by atoms with E-state index in [1.807, 2.05) is 7.05 Å². The van der Waals surface area contributed by atoms with Gasteiger partial charge in [-0.15, -0.1) is 0 Å². The molecule has 12 heavy (non-hydrogen) atoms. The highest BCUT2D eigenvalue weighted by Gasteiger charge is 2.30. The zero-order valence-corrected chi connectivity index (χ0v) is 8.68. The molecule has 2 atom stereocenters. The Morgan fingerprint density at radius 1 is 1.33 bits per heavy atom. The number of nitrogens with one attached hydrogen (secondary N) is 1. The zero-order valence-electron chi connectivity index (χ0n) is 8.68. The summed E-state index contributed by atoms with van der Waals surface area (Å²) in [5.41, 5.74) is 0.429. The van der Waals surface area contributed by atoms with Crippen molar-refractivity contribution < 1.29 is 4.74 Å². The summed E-state index contributed by atoms with van der Waals surface area (Å²) in [4.78, 5) is 0. The molecule has 2 heteroatoms. The molecular formula is C10H21NO. The smallest absolute Gasteiger partial charge is 0.108 e. The van der Waals surface area contributed by atoms with Crippen LogP contribution in [0, 0.1) is 11.3 Å². The van der Waals surface area contributed by atoms with Gasteiger partial charge < -0.3 is 4.74 Å². The molecule has 72 valence electrons. The van der Waals surface area contributed by atoms with Gasteiger partial charge in [-0.1, -0.05) is 20.8 Å². The van der Waals surface area contributed by atoms with Crippen LogP contribution < -0.4 is 5.32 Å². The lowest BCUT2D eigenvalue weighted by Crippen LogP contribution is -2.39. The van der Waals surface area contributed by atoms with Crippen molar-refractivity contribution in [2.75, 3.05) is 13.7 Å². The third-order valence-electron chi connectivity index (χ3n) is 2.83. The summed E-state index contributed by atoms with van der Waals surface area (Å²) in [7, 11) is 1.97. The first kappa shape index (κ1) is 10.0. The molecule has 0 bridgehead atoms. The van der Waals surface area contributed by atoms with E-state index in [9.17, 15) is 0 Å². The van der Waals surface area contributed by atoms with Gasteiger partial charge in [0.05, 0.1) is 0 Å². The van der Waals surface area contributed by atoms with Crippen LogP contribution in [-0.2, 0) is 4.74 Å². The Labute approximate surface area is 75.7 Å². The first-order chi connectivity index (χ1) is 5.54. The molecule has 0 aromatic rings. The van der Waals surface area contributed by atoms with Gasteiger partial charge in [0.1, 0.15) is 6.23 Å². The van der Waals surface area contributed by atoms with E-state index in [0.717, 1.165) is 18.9 Å². The van der Waals surface area contributed by atoms with Gasteiger partial charge in [-0.05, 0) is 31.2 Å². The standard InChI is InChI=1S/C10H21NO/c1-10(2,3)8-5-6-12-9(7-8)11-4/h8-9,11H,5-7H2,1-4H3/t8-,9-/m0/s1. The molecule has 1 rings (SSSR count). The van der Waals surface area contributed by atoms with Gasteiger partial charge in [-0.3, -0.25) is 5.32 Å². The Bertz CT molecular complexity index is 139. The second-order valence-corrected chi connectivity index (χ2v) is 4.74. The maximum absolute atomic E-state index is 5.54. The van der Waals surface area contributed by atoms with Gasteiger partial charge in [-0.25, -0.2) is 0 Å². The van der Waals surface area contributed by atoms with E-state index >= 15 is 0 Å². The quantitative estimate of drug-likeness (QED) is 0.651. The third-order valence-corrected chi connectivity index (χ3v) is 2.83. The Morgan fingerprint density at radius 2 is 2.00 bits per heavy atom. The lowest BCUT2D eigenvalue weighted by molar-refractivity contribution is -0.0475. The molecule has 0 aromatic carbocycles. The van der Waals surface area contributed by atoms with Crippen LogP contribution in [0.2, 0.25) is 0 Å². The summed E-state index contributed by atoms with van der Waals surface area (Å²) in [6, 6.07) is 0. The fourth-order valence-corrected chi connectivity index (χ4v) is 1.78. The Hall–Kier alpha value is -0.0800. The molecule has 0 unspecified atom stereocenters. The molecule has 0 aliphatic carbocycles. The van der Waals surface area contributed by atoms with E-state index in [4.69, 9.17) is 4.74 Å². The fourth-order valence-electron chi connectivity index (χ4n) is 1.78. The minimum absolute atomic E-state index is 0.281. The van der Waals surface area contributed by atoms with E-state index in [0.29, 0.717) is 5.41 Å². The minimum Gasteiger partial charge on any atom is -0.363 e. The molecule has 0 spiro atoms. The second-order valence-electron chi connectivity index (χ2n) is 4.74. The molecule has 1 saturated heterocycles. The van der Waals surface area contributed by atoms with Crippen molar-refractivity contribution >= 4 is 0 Å². The van der Waals surface area contributed by atoms with Gasteiger partial charge in [-0.2, -0.15) is 0 Å². The molecule has 1 N–H and O–H groups in total. The number of hydrogen-bond donors (Lipinski definition) is 1. The maximum atomic E-state index is 5.54. The molecule has 0 radical (unpaired) electrons. The number of hydrogen-bond acceptors (Lipinski definition) is 2. The summed E-state index contributed by atoms with van der Waals surface area (Å²) in [5, 5.41) is 3.18. The largest absolute Gasteiger partial charge is 0.363 e. The van der Waals surface area contributed by atoms with Crippen LogP contribution >= 0.6 is 0 Å². The van der Waals surface area contributed by atoms with Gasteiger partial charge >= 0.3 is 0 Å². The van der Waals surface area contributed by atoms with Crippen LogP contribution in [0.25, 0.3) is 0 Å². The van der Waals surface area contributed by atoms with Gasteiger partial charge in [0.25, 0.3) is 0 Å². The van der Waals surface area contributed by atoms with Crippen LogP contribution in [-0.4, -0.2) is 19.9 Å². The van der Waals surface area contributed by atoms with Crippen LogP contribution in [0.15, 0.2) is 0 Å². The molecule has 0 amide bonds. The first-order valence-electron chi connectivity index (χ1n) is 4.83. The summed E-state index contributed by atoms with van der Waals surface area (Å²) in [6.07, 6.45) is 2.64. The summed E-state index contributed by atoms with van der Waals surface area (Å²) in [6.45, 7) is 7.86. The monoisotopic (exact) mass is 171 g/mol. The third kappa shape index (κ3) is 2.46. The summed E-state index contributed by atoms with van der Waals surface area (Å²) < 4.78 is 5.54. The summed E-state index contributed by atoms with van der Waals surface area (Å²) in [5.74, 6) is 0.795. The molecule has 0 saturated carbocycles. The first-order valence-corrected chi connectivity index (χ1v) is 4.83. The Kier molecular flexibility index (Phi) is 3.13. The van der Waals surface area contributed by atoms with E-state index in [-0.39, 0.29) is 6.23 Å². The maximum Gasteiger partial charge on any atom is 0.108 e. The Morgan fingerprint density at radius 3 is 2.50 bits per heavy atom. The fraction of sp³-hybridized carbons (Fsp3) is 1.00. The average molecular weight is 171 g/mol. The van der Waals surface area contributed by atoms with Crippen LogP contribution in [0.3, 0.4) is 0 Å². The highest BCUT2D eigenvalue weighted by Crippen LogP contribution is 2.34. The van der Waals surface area contributed by atoms with E-state index < -0.39 is 0 Å². The SMILES string of the molecule is CN[C@@H]1C[C@@H](C(C)(C)C)CCO1. The zero-order chi connectivity index (χ0) is 9.19. The molecular weight excluding hydrogens is 150 g/mol. The van der Waals surface area contributed by atoms with E-state index in [1.165, 1.54) is 6.42 Å². The summed E-state index contributed by atoms with van der Waals surface area (Å²) >= 11 is 0. The molecule has 1 aliphatic rings. The van der Waals surface area contributed by atoms with Crippen LogP contribution in [0.5, 0.6) is 0 Å². The van der Waals surface area contributed by atoms with Crippen molar-refractivity contribution in [3.8, 4) is 0 Å². The highest BCUT2D eigenvalue weighted by molar-refractivity contribution is 4.79. The van der Waals surface area contributed by atoms with Crippen LogP contribution in [0.4, 0.5) is 0 Å². The normalized spacial score (nSPS) is 32.0. The predicted molar refractivity (Wildman–Crippen MR) is 51.0 cm³/mol. The molecule has 2 nitrogen and oxygen atoms in total. The van der Waals surface area contributed by atoms with E-state index in [2.05, 4.69) is 26.1 Å². The van der Waals surface area contributed by atoms with Gasteiger partial charge in [0.2, 0.25) is 0 Å². The number of ether oxygens (including phenoxy) is 1.